The molecule has 1 heterocycles. The maximum atomic E-state index is 10.4. The number of aryl methyl sites for hydroxylation is 10. The zero-order valence-corrected chi connectivity index (χ0v) is 107. The van der Waals surface area contributed by atoms with E-state index in [-0.39, 0.29) is 47.7 Å². The van der Waals surface area contributed by atoms with Crippen LogP contribution in [0.2, 0.25) is 0 Å². The van der Waals surface area contributed by atoms with E-state index in [1.54, 1.807) is 12.1 Å². The van der Waals surface area contributed by atoms with E-state index in [9.17, 15) is 10.1 Å². The average Bonchev–Trinajstić information content (AvgIpc) is 0.773. The van der Waals surface area contributed by atoms with Crippen molar-refractivity contribution in [3.05, 3.63) is 248 Å². The summed E-state index contributed by atoms with van der Waals surface area (Å²) in [5.74, 6) is 3.09. The highest BCUT2D eigenvalue weighted by Gasteiger charge is 2.42. The number of halogens is 1. The summed E-state index contributed by atoms with van der Waals surface area (Å²) in [6, 6.07) is 64.0. The number of nitro benzene ring substituents is 1. The van der Waals surface area contributed by atoms with Gasteiger partial charge in [-0.15, -0.1) is 0 Å². The fourth-order valence-corrected chi connectivity index (χ4v) is 14.1. The molecule has 8 aromatic rings. The average molecular weight is 2100 g/mol. The minimum atomic E-state index is -0.348. The topological polar surface area (TPSA) is 74.6 Å². The number of alkyl halides is 1. The number of para-hydroxylation sites is 8. The molecule has 0 saturated carbocycles. The Kier molecular flexibility index (Phi) is 191. The monoisotopic (exact) mass is 2100 g/mol. The van der Waals surface area contributed by atoms with Gasteiger partial charge in [0.2, 0.25) is 0 Å². The first-order valence-corrected chi connectivity index (χ1v) is 58.9. The number of hydrogen-bond acceptors (Lipinski definition) is 9. The second kappa shape index (κ2) is 147. The zero-order chi connectivity index (χ0) is 113. The van der Waals surface area contributed by atoms with E-state index in [4.69, 9.17) is 0 Å². The summed E-state index contributed by atoms with van der Waals surface area (Å²) in [5.41, 5.74) is 24.1. The number of anilines is 7. The van der Waals surface area contributed by atoms with E-state index in [1.807, 2.05) is 268 Å². The van der Waals surface area contributed by atoms with Gasteiger partial charge in [-0.2, -0.15) is 0 Å². The van der Waals surface area contributed by atoms with Crippen LogP contribution in [0, 0.1) is 27.4 Å². The number of piperidine rings is 1. The third-order valence-corrected chi connectivity index (χ3v) is 20.5. The van der Waals surface area contributed by atoms with E-state index in [0.29, 0.717) is 23.7 Å². The number of rotatable bonds is 28. The van der Waals surface area contributed by atoms with E-state index < -0.39 is 0 Å². The van der Waals surface area contributed by atoms with Crippen molar-refractivity contribution < 1.29 is 4.92 Å². The Morgan fingerprint density at radius 1 is 0.324 bits per heavy atom. The molecule has 9 rings (SSSR count). The normalized spacial score (nSPS) is 10.2. The van der Waals surface area contributed by atoms with Gasteiger partial charge in [0.1, 0.15) is 0 Å². The van der Waals surface area contributed by atoms with Crippen LogP contribution in [-0.2, 0) is 64.2 Å². The lowest BCUT2D eigenvalue weighted by Crippen LogP contribution is -2.53. The molecular weight excluding hydrogens is 1830 g/mol. The van der Waals surface area contributed by atoms with Gasteiger partial charge in [-0.05, 0) is 187 Å². The third-order valence-electron chi connectivity index (χ3n) is 20.5. The van der Waals surface area contributed by atoms with Crippen molar-refractivity contribution in [2.24, 2.45) is 17.3 Å². The molecule has 10 nitrogen and oxygen atoms in total. The van der Waals surface area contributed by atoms with Crippen molar-refractivity contribution in [1.29, 1.82) is 0 Å². The van der Waals surface area contributed by atoms with Gasteiger partial charge >= 0.3 is 0 Å². The second-order valence-electron chi connectivity index (χ2n) is 28.1. The van der Waals surface area contributed by atoms with Gasteiger partial charge in [0.15, 0.2) is 0 Å². The SMILES string of the molecule is C.C.C.C.C.CBr.CC.CC.CC.CC.CC.CC.CC.CC.CC.CC.CC.CC.CC.CC.CC.CC.CC.CC.CCCN(CCCN(C)c1ccccc1CC)c1ccccc1CC.CCCNc1ccccc1CC.CCc1cccc(CC)c1N(C)C.CCc1cccc(CC)c1N(C)C.CCc1ccccc1N(C)CC1CN(c2ccccc2CC)CC(C)C1(C)C.CCc1ccccc1[N+](=O)[O-]. The van der Waals surface area contributed by atoms with Gasteiger partial charge in [-0.3, -0.25) is 10.1 Å². The molecule has 2 atom stereocenters. The van der Waals surface area contributed by atoms with Crippen LogP contribution in [0.3, 0.4) is 0 Å². The van der Waals surface area contributed by atoms with Gasteiger partial charge in [0, 0.05) is 140 Å². The number of nitrogens with one attached hydrogen (secondary N) is 1. The molecule has 0 bridgehead atoms. The summed E-state index contributed by atoms with van der Waals surface area (Å²) in [7, 11) is 13.0. The quantitative estimate of drug-likeness (QED) is 0.0293. The maximum absolute atomic E-state index is 10.4. The molecule has 11 heteroatoms. The Morgan fingerprint density at radius 2 is 0.593 bits per heavy atom. The minimum absolute atomic E-state index is 0. The first-order chi connectivity index (χ1) is 68.1. The predicted octanol–water partition coefficient (Wildman–Crippen LogP) is 45.2. The molecule has 1 fully saturated rings. The Bertz CT molecular complexity index is 3560. The van der Waals surface area contributed by atoms with Gasteiger partial charge in [-0.25, -0.2) is 0 Å². The summed E-state index contributed by atoms with van der Waals surface area (Å²) in [4.78, 5) is 24.6. The van der Waals surface area contributed by atoms with Crippen molar-refractivity contribution in [3.63, 3.8) is 0 Å². The molecule has 862 valence electrons. The molecule has 1 N–H and O–H groups in total. The van der Waals surface area contributed by atoms with Gasteiger partial charge < -0.3 is 34.7 Å². The van der Waals surface area contributed by atoms with Crippen LogP contribution in [0.15, 0.2) is 182 Å². The van der Waals surface area contributed by atoms with Crippen LogP contribution in [0.1, 0.15) is 465 Å². The maximum Gasteiger partial charge on any atom is 0.272 e. The lowest BCUT2D eigenvalue weighted by atomic mass is 9.66. The molecular formula is C134H267BrN8O2. The summed E-state index contributed by atoms with van der Waals surface area (Å²) in [5, 5.41) is 13.8. The highest BCUT2D eigenvalue weighted by atomic mass is 79.9. The van der Waals surface area contributed by atoms with Crippen molar-refractivity contribution in [3.8, 4) is 0 Å². The smallest absolute Gasteiger partial charge is 0.272 e. The minimum Gasteiger partial charge on any atom is -0.385 e. The van der Waals surface area contributed by atoms with Gasteiger partial charge in [-0.1, -0.05) is 552 Å². The second-order valence-corrected chi connectivity index (χ2v) is 28.1. The highest BCUT2D eigenvalue weighted by Crippen LogP contribution is 2.43. The van der Waals surface area contributed by atoms with Gasteiger partial charge in [0.05, 0.1) is 4.92 Å². The van der Waals surface area contributed by atoms with Crippen molar-refractivity contribution >= 4 is 61.4 Å². The summed E-state index contributed by atoms with van der Waals surface area (Å²) in [6.07, 6.45) is 14.2. The standard InChI is InChI=1S/C26H38N2.C23H34N2.2C12H19N.C11H17N.C8H9NO2.18C2H6.CH3Br.5CH4/c1-7-21-13-9-11-15-24(21)27(6)18-23-19-28(17-20(3)26(23,4)5)25-16-12-10-14-22(25)8-2;1-5-17-25(23-16-11-9-14-21(23)7-3)19-12-18-24(4)22-15-10-8-13-20(22)6-2;2*1-5-10-8-7-9-11(6-2)12(10)13(3)4;1-3-9-12-11-8-6-5-7-10(11)4-2;1-2-7-5-3-4-6-8(7)9(10)11;19*1-2;;;;;/h9-16,20,23H,7-8,17-19H2,1-6H3;8-11,13-16H,5-7,12,17-19H2,1-4H3;2*7-9H,5-6H2,1-4H3;5-8,12H,3-4,9H2,1-2H3;3-6H,2H2,1H3;18*1-2H3;1H3;5*1H4. The number of nitrogens with zero attached hydrogens (tertiary/aromatic N) is 7. The fraction of sp³-hybridized carbons (Fsp3) is 0.642. The predicted molar refractivity (Wildman–Crippen MR) is 704 cm³/mol. The van der Waals surface area contributed by atoms with Crippen LogP contribution >= 0.6 is 15.9 Å². The fourth-order valence-electron chi connectivity index (χ4n) is 14.1. The highest BCUT2D eigenvalue weighted by molar-refractivity contribution is 9.08. The third kappa shape index (κ3) is 83.7. The Balaban J connectivity index is -0.0000000636. The Morgan fingerprint density at radius 3 is 0.897 bits per heavy atom. The molecule has 1 saturated heterocycles. The molecule has 1 aliphatic rings. The van der Waals surface area contributed by atoms with E-state index in [2.05, 4.69) is 348 Å². The lowest BCUT2D eigenvalue weighted by Gasteiger charge is -2.50. The van der Waals surface area contributed by atoms with Crippen LogP contribution in [-0.4, -0.2) is 98.9 Å². The van der Waals surface area contributed by atoms with Crippen molar-refractivity contribution in [1.82, 2.24) is 0 Å². The molecule has 1 aliphatic heterocycles. The van der Waals surface area contributed by atoms with Crippen LogP contribution < -0.4 is 34.7 Å². The Hall–Kier alpha value is -7.76. The number of nitro groups is 1. The molecule has 0 amide bonds. The van der Waals surface area contributed by atoms with Gasteiger partial charge in [0.25, 0.3) is 5.69 Å². The molecule has 8 aromatic carbocycles. The number of hydrogen-bond donors (Lipinski definition) is 1. The molecule has 145 heavy (non-hydrogen) atoms. The van der Waals surface area contributed by atoms with Crippen molar-refractivity contribution in [2.45, 2.75) is 474 Å². The van der Waals surface area contributed by atoms with Crippen molar-refractivity contribution in [2.75, 3.05) is 129 Å². The first kappa shape index (κ1) is 189. The van der Waals surface area contributed by atoms with E-state index in [1.165, 1.54) is 115 Å². The molecule has 0 radical (unpaired) electrons. The zero-order valence-electron chi connectivity index (χ0n) is 105. The lowest BCUT2D eigenvalue weighted by molar-refractivity contribution is -0.385. The van der Waals surface area contributed by atoms with Crippen LogP contribution in [0.5, 0.6) is 0 Å². The summed E-state index contributed by atoms with van der Waals surface area (Å²) >= 11 is 2.94. The summed E-state index contributed by atoms with van der Waals surface area (Å²) < 4.78 is 0. The van der Waals surface area contributed by atoms with Crippen LogP contribution in [0.25, 0.3) is 0 Å². The van der Waals surface area contributed by atoms with E-state index >= 15 is 0 Å². The molecule has 0 aromatic heterocycles. The van der Waals surface area contributed by atoms with E-state index in [0.717, 1.165) is 109 Å². The number of benzene rings is 8. The summed E-state index contributed by atoms with van der Waals surface area (Å²) in [6.45, 7) is 114. The first-order valence-electron chi connectivity index (χ1n) is 57.3. The van der Waals surface area contributed by atoms with Crippen LogP contribution in [0.4, 0.5) is 45.5 Å². The molecule has 2 unspecified atom stereocenters. The molecule has 0 aliphatic carbocycles. The molecule has 0 spiro atoms. The largest absolute Gasteiger partial charge is 0.385 e. The Labute approximate surface area is 927 Å².